The fraction of sp³-hybridized carbons (Fsp3) is 0.154. The number of aromatic nitrogens is 2. The predicted octanol–water partition coefficient (Wildman–Crippen LogP) is 2.94. The van der Waals surface area contributed by atoms with Crippen LogP contribution in [0.4, 0.5) is 5.82 Å². The number of hydrogen-bond donors (Lipinski definition) is 1. The zero-order valence-corrected chi connectivity index (χ0v) is 13.5. The maximum atomic E-state index is 11.7. The molecule has 1 heterocycles. The summed E-state index contributed by atoms with van der Waals surface area (Å²) in [4.78, 5) is 20.0. The Bertz CT molecular complexity index is 709. The maximum Gasteiger partial charge on any atom is 0.358 e. The summed E-state index contributed by atoms with van der Waals surface area (Å²) in [5.41, 5.74) is 6.45. The number of carbonyl (C=O) groups excluding carboxylic acids is 1. The average molecular weight is 373 g/mol. The van der Waals surface area contributed by atoms with Crippen LogP contribution in [0.15, 0.2) is 22.7 Å². The van der Waals surface area contributed by atoms with Gasteiger partial charge in [-0.15, -0.1) is 0 Å². The Hall–Kier alpha value is -1.86. The summed E-state index contributed by atoms with van der Waals surface area (Å²) in [6, 6.07) is 5.01. The minimum absolute atomic E-state index is 0.0499. The normalized spacial score (nSPS) is 10.3. The molecule has 2 aromatic rings. The zero-order chi connectivity index (χ0) is 15.6. The van der Waals surface area contributed by atoms with Crippen LogP contribution in [0.25, 0.3) is 11.4 Å². The second kappa shape index (κ2) is 6.28. The maximum absolute atomic E-state index is 11.7. The van der Waals surface area contributed by atoms with Crippen LogP contribution in [-0.4, -0.2) is 30.2 Å². The molecule has 1 aromatic carbocycles. The lowest BCUT2D eigenvalue weighted by atomic mass is 10.2. The molecule has 0 radical (unpaired) electrons. The highest BCUT2D eigenvalue weighted by Crippen LogP contribution is 2.31. The van der Waals surface area contributed by atoms with Crippen molar-refractivity contribution in [3.05, 3.63) is 33.4 Å². The topological polar surface area (TPSA) is 87.3 Å². The van der Waals surface area contributed by atoms with Gasteiger partial charge in [0.05, 0.1) is 23.7 Å². The van der Waals surface area contributed by atoms with Gasteiger partial charge in [-0.05, 0) is 34.1 Å². The first kappa shape index (κ1) is 15.5. The summed E-state index contributed by atoms with van der Waals surface area (Å²) >= 11 is 9.14. The largest absolute Gasteiger partial charge is 0.495 e. The smallest absolute Gasteiger partial charge is 0.358 e. The quantitative estimate of drug-likeness (QED) is 0.834. The number of benzene rings is 1. The van der Waals surface area contributed by atoms with Crippen LogP contribution >= 0.6 is 27.5 Å². The van der Waals surface area contributed by atoms with Gasteiger partial charge >= 0.3 is 5.97 Å². The van der Waals surface area contributed by atoms with E-state index in [0.29, 0.717) is 20.8 Å². The van der Waals surface area contributed by atoms with Gasteiger partial charge in [-0.3, -0.25) is 0 Å². The van der Waals surface area contributed by atoms with Crippen molar-refractivity contribution in [2.45, 2.75) is 0 Å². The van der Waals surface area contributed by atoms with Gasteiger partial charge in [0, 0.05) is 5.56 Å². The van der Waals surface area contributed by atoms with Gasteiger partial charge in [-0.25, -0.2) is 14.8 Å². The Kier molecular flexibility index (Phi) is 4.64. The van der Waals surface area contributed by atoms with Gasteiger partial charge in [0.1, 0.15) is 11.6 Å². The molecule has 0 saturated heterocycles. The van der Waals surface area contributed by atoms with Crippen molar-refractivity contribution in [2.75, 3.05) is 20.0 Å². The Morgan fingerprint density at radius 1 is 1.33 bits per heavy atom. The van der Waals surface area contributed by atoms with Crippen molar-refractivity contribution < 1.29 is 14.3 Å². The van der Waals surface area contributed by atoms with Crippen LogP contribution in [-0.2, 0) is 4.74 Å². The molecule has 1 aromatic heterocycles. The molecule has 0 amide bonds. The first-order chi connectivity index (χ1) is 9.97. The number of anilines is 1. The highest BCUT2D eigenvalue weighted by atomic mass is 79.9. The highest BCUT2D eigenvalue weighted by Gasteiger charge is 2.18. The molecule has 6 nitrogen and oxygen atoms in total. The lowest BCUT2D eigenvalue weighted by molar-refractivity contribution is 0.0593. The van der Waals surface area contributed by atoms with E-state index < -0.39 is 5.97 Å². The first-order valence-electron chi connectivity index (χ1n) is 5.73. The summed E-state index contributed by atoms with van der Waals surface area (Å²) in [5.74, 6) is 0.261. The van der Waals surface area contributed by atoms with E-state index in [1.54, 1.807) is 18.2 Å². The SMILES string of the molecule is COC(=O)c1nc(-c2ccc(Cl)c(OC)c2)nc(N)c1Br. The number of halogens is 2. The summed E-state index contributed by atoms with van der Waals surface area (Å²) in [7, 11) is 2.76. The van der Waals surface area contributed by atoms with E-state index in [1.165, 1.54) is 14.2 Å². The molecule has 8 heteroatoms. The van der Waals surface area contributed by atoms with Gasteiger partial charge in [0.25, 0.3) is 0 Å². The van der Waals surface area contributed by atoms with Crippen LogP contribution in [0, 0.1) is 0 Å². The molecule has 0 aliphatic rings. The molecule has 0 unspecified atom stereocenters. The molecule has 0 bridgehead atoms. The van der Waals surface area contributed by atoms with Gasteiger partial charge in [-0.2, -0.15) is 0 Å². The van der Waals surface area contributed by atoms with Gasteiger partial charge < -0.3 is 15.2 Å². The third-order valence-electron chi connectivity index (χ3n) is 2.66. The lowest BCUT2D eigenvalue weighted by Crippen LogP contribution is -2.10. The molecule has 0 atom stereocenters. The number of rotatable bonds is 3. The summed E-state index contributed by atoms with van der Waals surface area (Å²) in [5, 5.41) is 0.458. The first-order valence-corrected chi connectivity index (χ1v) is 6.90. The number of nitrogens with zero attached hydrogens (tertiary/aromatic N) is 2. The van der Waals surface area contributed by atoms with Crippen LogP contribution in [0.2, 0.25) is 5.02 Å². The summed E-state index contributed by atoms with van der Waals surface area (Å²) in [6.45, 7) is 0. The molecular weight excluding hydrogens is 362 g/mol. The number of methoxy groups -OCH3 is 2. The van der Waals surface area contributed by atoms with Crippen LogP contribution in [0.3, 0.4) is 0 Å². The molecular formula is C13H11BrClN3O3. The molecule has 0 aliphatic heterocycles. The Labute approximate surface area is 134 Å². The van der Waals surface area contributed by atoms with Crippen LogP contribution in [0.5, 0.6) is 5.75 Å². The Morgan fingerprint density at radius 2 is 2.05 bits per heavy atom. The number of carbonyl (C=O) groups is 1. The van der Waals surface area contributed by atoms with Crippen molar-refractivity contribution >= 4 is 39.3 Å². The molecule has 0 fully saturated rings. The fourth-order valence-corrected chi connectivity index (χ4v) is 2.16. The van der Waals surface area contributed by atoms with Crippen LogP contribution < -0.4 is 10.5 Å². The van der Waals surface area contributed by atoms with Crippen LogP contribution in [0.1, 0.15) is 10.5 Å². The van der Waals surface area contributed by atoms with Crippen molar-refractivity contribution in [3.63, 3.8) is 0 Å². The van der Waals surface area contributed by atoms with E-state index >= 15 is 0 Å². The summed E-state index contributed by atoms with van der Waals surface area (Å²) < 4.78 is 10.1. The van der Waals surface area contributed by atoms with E-state index in [-0.39, 0.29) is 17.3 Å². The van der Waals surface area contributed by atoms with E-state index in [9.17, 15) is 4.79 Å². The van der Waals surface area contributed by atoms with E-state index in [0.717, 1.165) is 0 Å². The van der Waals surface area contributed by atoms with Crippen molar-refractivity contribution in [2.24, 2.45) is 0 Å². The van der Waals surface area contributed by atoms with Gasteiger partial charge in [0.2, 0.25) is 0 Å². The monoisotopic (exact) mass is 371 g/mol. The minimum atomic E-state index is -0.613. The molecule has 2 rings (SSSR count). The predicted molar refractivity (Wildman–Crippen MR) is 82.5 cm³/mol. The van der Waals surface area contributed by atoms with E-state index in [4.69, 9.17) is 22.1 Å². The second-order valence-electron chi connectivity index (χ2n) is 3.94. The average Bonchev–Trinajstić information content (AvgIpc) is 2.49. The van der Waals surface area contributed by atoms with Crippen molar-refractivity contribution in [3.8, 4) is 17.1 Å². The zero-order valence-electron chi connectivity index (χ0n) is 11.2. The summed E-state index contributed by atoms with van der Waals surface area (Å²) in [6.07, 6.45) is 0. The Balaban J connectivity index is 2.59. The molecule has 21 heavy (non-hydrogen) atoms. The molecule has 2 N–H and O–H groups in total. The number of ether oxygens (including phenoxy) is 2. The molecule has 0 saturated carbocycles. The van der Waals surface area contributed by atoms with Gasteiger partial charge in [0.15, 0.2) is 11.5 Å². The third-order valence-corrected chi connectivity index (χ3v) is 3.76. The van der Waals surface area contributed by atoms with E-state index in [2.05, 4.69) is 30.6 Å². The van der Waals surface area contributed by atoms with E-state index in [1.807, 2.05) is 0 Å². The van der Waals surface area contributed by atoms with Crippen molar-refractivity contribution in [1.82, 2.24) is 9.97 Å². The number of esters is 1. The van der Waals surface area contributed by atoms with Gasteiger partial charge in [-0.1, -0.05) is 11.6 Å². The lowest BCUT2D eigenvalue weighted by Gasteiger charge is -2.09. The second-order valence-corrected chi connectivity index (χ2v) is 5.14. The fourth-order valence-electron chi connectivity index (χ4n) is 1.62. The third kappa shape index (κ3) is 3.08. The Morgan fingerprint density at radius 3 is 2.67 bits per heavy atom. The standard InChI is InChI=1S/C13H11BrClN3O3/c1-20-8-5-6(3-4-7(8)15)12-17-10(13(19)21-2)9(14)11(16)18-12/h3-5H,1-2H3,(H2,16,17,18). The molecule has 0 aliphatic carbocycles. The number of nitrogen functional groups attached to an aromatic ring is 1. The number of nitrogens with two attached hydrogens (primary N) is 1. The minimum Gasteiger partial charge on any atom is -0.495 e. The van der Waals surface area contributed by atoms with Crippen molar-refractivity contribution in [1.29, 1.82) is 0 Å². The molecule has 110 valence electrons. The molecule has 0 spiro atoms. The highest BCUT2D eigenvalue weighted by molar-refractivity contribution is 9.10. The number of hydrogen-bond acceptors (Lipinski definition) is 6.